The lowest BCUT2D eigenvalue weighted by Crippen LogP contribution is -2.29. The van der Waals surface area contributed by atoms with Crippen LogP contribution in [0.25, 0.3) is 0 Å². The van der Waals surface area contributed by atoms with Gasteiger partial charge in [0.2, 0.25) is 0 Å². The van der Waals surface area contributed by atoms with Crippen molar-refractivity contribution in [3.05, 3.63) is 30.1 Å². The number of nitrogens with zero attached hydrogens (tertiary/aromatic N) is 4. The van der Waals surface area contributed by atoms with Crippen molar-refractivity contribution in [2.24, 2.45) is 0 Å². The molecule has 0 aromatic carbocycles. The molecule has 0 bridgehead atoms. The fraction of sp³-hybridized carbons (Fsp3) is 0.385. The number of rotatable bonds is 4. The highest BCUT2D eigenvalue weighted by atomic mass is 32.2. The Morgan fingerprint density at radius 2 is 1.91 bits per heavy atom. The van der Waals surface area contributed by atoms with Crippen molar-refractivity contribution in [3.63, 3.8) is 0 Å². The summed E-state index contributed by atoms with van der Waals surface area (Å²) in [6, 6.07) is 4.04. The van der Waals surface area contributed by atoms with Gasteiger partial charge in [0, 0.05) is 0 Å². The largest absolute Gasteiger partial charge is 0.464 e. The third-order valence-corrected chi connectivity index (χ3v) is 4.15. The molecule has 1 N–H and O–H groups in total. The summed E-state index contributed by atoms with van der Waals surface area (Å²) < 4.78 is 33.1. The molecule has 0 radical (unpaired) electrons. The average Bonchev–Trinajstić information content (AvgIpc) is 2.97. The van der Waals surface area contributed by atoms with E-state index in [-0.39, 0.29) is 16.5 Å². The van der Waals surface area contributed by atoms with E-state index in [2.05, 4.69) is 24.8 Å². The first-order valence-corrected chi connectivity index (χ1v) is 8.13. The lowest BCUT2D eigenvalue weighted by Gasteiger charge is -2.22. The second kappa shape index (κ2) is 5.95. The molecule has 0 saturated carbocycles. The molecule has 0 aliphatic heterocycles. The number of carbonyl (C=O) groups is 1. The maximum Gasteiger partial charge on any atom is 0.358 e. The molecule has 2 aromatic heterocycles. The predicted octanol–water partition coefficient (Wildman–Crippen LogP) is 1.02. The third kappa shape index (κ3) is 3.65. The van der Waals surface area contributed by atoms with Gasteiger partial charge in [0.15, 0.2) is 16.5 Å². The summed E-state index contributed by atoms with van der Waals surface area (Å²) in [4.78, 5) is 11.3. The number of carbonyl (C=O) groups excluding carboxylic acids is 1. The Labute approximate surface area is 133 Å². The number of sulfonamides is 1. The molecule has 0 atom stereocenters. The minimum atomic E-state index is -3.89. The van der Waals surface area contributed by atoms with E-state index in [1.165, 1.54) is 36.2 Å². The Bertz CT molecular complexity index is 806. The van der Waals surface area contributed by atoms with Crippen molar-refractivity contribution in [3.8, 4) is 0 Å². The Kier molecular flexibility index (Phi) is 4.37. The van der Waals surface area contributed by atoms with Gasteiger partial charge in [-0.1, -0.05) is 0 Å². The van der Waals surface area contributed by atoms with Gasteiger partial charge in [0.25, 0.3) is 10.0 Å². The number of ether oxygens (including phenoxy) is 1. The van der Waals surface area contributed by atoms with E-state index in [1.807, 2.05) is 20.8 Å². The van der Waals surface area contributed by atoms with Gasteiger partial charge in [-0.15, -0.1) is 10.2 Å². The molecular formula is C13H17N5O4S. The summed E-state index contributed by atoms with van der Waals surface area (Å²) in [5, 5.41) is 11.3. The van der Waals surface area contributed by atoms with E-state index in [9.17, 15) is 13.2 Å². The first-order chi connectivity index (χ1) is 10.6. The Balaban J connectivity index is 2.29. The molecule has 2 heterocycles. The zero-order valence-corrected chi connectivity index (χ0v) is 14.0. The summed E-state index contributed by atoms with van der Waals surface area (Å²) >= 11 is 0. The predicted molar refractivity (Wildman–Crippen MR) is 81.4 cm³/mol. The van der Waals surface area contributed by atoms with E-state index in [1.54, 1.807) is 0 Å². The molecular weight excluding hydrogens is 322 g/mol. The highest BCUT2D eigenvalue weighted by Gasteiger charge is 2.26. The van der Waals surface area contributed by atoms with E-state index in [0.29, 0.717) is 0 Å². The van der Waals surface area contributed by atoms with E-state index in [4.69, 9.17) is 0 Å². The number of nitrogens with one attached hydrogen (secondary N) is 1. The molecule has 2 aromatic rings. The summed E-state index contributed by atoms with van der Waals surface area (Å²) in [6.45, 7) is 5.51. The van der Waals surface area contributed by atoms with Crippen LogP contribution in [-0.4, -0.2) is 41.5 Å². The van der Waals surface area contributed by atoms with Crippen LogP contribution >= 0.6 is 0 Å². The van der Waals surface area contributed by atoms with Gasteiger partial charge in [0.1, 0.15) is 0 Å². The fourth-order valence-corrected chi connectivity index (χ4v) is 3.07. The highest BCUT2D eigenvalue weighted by Crippen LogP contribution is 2.21. The Morgan fingerprint density at radius 1 is 1.22 bits per heavy atom. The van der Waals surface area contributed by atoms with Crippen molar-refractivity contribution in [2.75, 3.05) is 11.8 Å². The van der Waals surface area contributed by atoms with E-state index in [0.717, 1.165) is 0 Å². The maximum atomic E-state index is 12.5. The molecule has 124 valence electrons. The van der Waals surface area contributed by atoms with Crippen LogP contribution in [0.2, 0.25) is 0 Å². The van der Waals surface area contributed by atoms with Crippen LogP contribution in [0.5, 0.6) is 0 Å². The lowest BCUT2D eigenvalue weighted by atomic mass is 10.1. The molecule has 0 unspecified atom stereocenters. The Morgan fingerprint density at radius 3 is 2.43 bits per heavy atom. The highest BCUT2D eigenvalue weighted by molar-refractivity contribution is 7.92. The first-order valence-electron chi connectivity index (χ1n) is 6.64. The van der Waals surface area contributed by atoms with Crippen LogP contribution in [0.15, 0.2) is 29.4 Å². The molecule has 0 amide bonds. The number of hydrogen-bond donors (Lipinski definition) is 1. The van der Waals surface area contributed by atoms with Crippen LogP contribution in [0.1, 0.15) is 31.3 Å². The monoisotopic (exact) mass is 339 g/mol. The Hall–Kier alpha value is -2.49. The van der Waals surface area contributed by atoms with Crippen molar-refractivity contribution in [1.82, 2.24) is 20.0 Å². The van der Waals surface area contributed by atoms with Crippen molar-refractivity contribution >= 4 is 21.8 Å². The SMILES string of the molecule is COC(=O)c1ccc(NS(=O)(=O)c2ccnn2C(C)(C)C)nn1. The van der Waals surface area contributed by atoms with E-state index >= 15 is 0 Å². The van der Waals surface area contributed by atoms with Crippen molar-refractivity contribution in [1.29, 1.82) is 0 Å². The minimum absolute atomic E-state index is 0.00356. The summed E-state index contributed by atoms with van der Waals surface area (Å²) in [6.07, 6.45) is 1.41. The normalized spacial score (nSPS) is 12.0. The molecule has 9 nitrogen and oxygen atoms in total. The number of hydrogen-bond acceptors (Lipinski definition) is 7. The summed E-state index contributed by atoms with van der Waals surface area (Å²) in [5.74, 6) is -0.669. The number of anilines is 1. The molecule has 0 fully saturated rings. The first kappa shape index (κ1) is 16.9. The van der Waals surface area contributed by atoms with Crippen LogP contribution in [0.3, 0.4) is 0 Å². The van der Waals surface area contributed by atoms with Crippen molar-refractivity contribution < 1.29 is 17.9 Å². The minimum Gasteiger partial charge on any atom is -0.464 e. The van der Waals surface area contributed by atoms with Gasteiger partial charge >= 0.3 is 5.97 Å². The van der Waals surface area contributed by atoms with Gasteiger partial charge in [0.05, 0.1) is 18.8 Å². The molecule has 23 heavy (non-hydrogen) atoms. The number of methoxy groups -OCH3 is 1. The quantitative estimate of drug-likeness (QED) is 0.826. The van der Waals surface area contributed by atoms with Gasteiger partial charge < -0.3 is 4.74 Å². The second-order valence-electron chi connectivity index (χ2n) is 5.65. The van der Waals surface area contributed by atoms with Gasteiger partial charge in [-0.05, 0) is 39.0 Å². The second-order valence-corrected chi connectivity index (χ2v) is 7.28. The maximum absolute atomic E-state index is 12.5. The molecule has 10 heteroatoms. The molecule has 2 rings (SSSR count). The smallest absolute Gasteiger partial charge is 0.358 e. The fourth-order valence-electron chi connectivity index (χ4n) is 1.79. The van der Waals surface area contributed by atoms with Crippen LogP contribution in [0, 0.1) is 0 Å². The molecule has 0 aliphatic carbocycles. The topological polar surface area (TPSA) is 116 Å². The molecule has 0 saturated heterocycles. The summed E-state index contributed by atoms with van der Waals surface area (Å²) in [7, 11) is -2.67. The summed E-state index contributed by atoms with van der Waals surface area (Å²) in [5.41, 5.74) is -0.524. The molecule has 0 spiro atoms. The molecule has 0 aliphatic rings. The van der Waals surface area contributed by atoms with Crippen LogP contribution in [0.4, 0.5) is 5.82 Å². The van der Waals surface area contributed by atoms with Crippen molar-refractivity contribution in [2.45, 2.75) is 31.3 Å². The standard InChI is InChI=1S/C13H17N5O4S/c1-13(2,3)18-11(7-8-14-18)23(20,21)17-10-6-5-9(15-16-10)12(19)22-4/h5-8H,1-4H3,(H,16,17). The van der Waals surface area contributed by atoms with Crippen LogP contribution < -0.4 is 4.72 Å². The number of esters is 1. The van der Waals surface area contributed by atoms with Gasteiger partial charge in [-0.2, -0.15) is 13.5 Å². The van der Waals surface area contributed by atoms with Gasteiger partial charge in [-0.25, -0.2) is 9.48 Å². The van der Waals surface area contributed by atoms with Gasteiger partial charge in [-0.3, -0.25) is 4.72 Å². The third-order valence-electron chi connectivity index (χ3n) is 2.82. The average molecular weight is 339 g/mol. The zero-order chi connectivity index (χ0) is 17.3. The van der Waals surface area contributed by atoms with E-state index < -0.39 is 21.5 Å². The number of aromatic nitrogens is 4. The lowest BCUT2D eigenvalue weighted by molar-refractivity contribution is 0.0593. The zero-order valence-electron chi connectivity index (χ0n) is 13.1. The van der Waals surface area contributed by atoms with Crippen LogP contribution in [-0.2, 0) is 20.3 Å².